The maximum atomic E-state index is 12.7. The van der Waals surface area contributed by atoms with Gasteiger partial charge in [-0.05, 0) is 42.7 Å². The van der Waals surface area contributed by atoms with Crippen LogP contribution in [0.5, 0.6) is 5.75 Å². The van der Waals surface area contributed by atoms with Crippen molar-refractivity contribution in [2.24, 2.45) is 0 Å². The number of amides is 1. The highest BCUT2D eigenvalue weighted by Gasteiger charge is 2.27. The SMILES string of the molecule is COc1ccc(C(=O)C(CC(=O)N[C@@H](CCSC)C(=O)O)SC(C)=O)cc1. The van der Waals surface area contributed by atoms with Crippen LogP contribution in [0.25, 0.3) is 0 Å². The third-order valence-electron chi connectivity index (χ3n) is 3.59. The van der Waals surface area contributed by atoms with Gasteiger partial charge in [-0.25, -0.2) is 4.79 Å². The monoisotopic (exact) mass is 413 g/mol. The molecule has 0 saturated heterocycles. The van der Waals surface area contributed by atoms with E-state index < -0.39 is 23.2 Å². The molecule has 1 rings (SSSR count). The first-order chi connectivity index (χ1) is 12.8. The van der Waals surface area contributed by atoms with E-state index in [1.165, 1.54) is 25.8 Å². The number of hydrogen-bond acceptors (Lipinski definition) is 7. The van der Waals surface area contributed by atoms with Crippen LogP contribution in [0.3, 0.4) is 0 Å². The van der Waals surface area contributed by atoms with Gasteiger partial charge in [-0.15, -0.1) is 0 Å². The van der Waals surface area contributed by atoms with Crippen LogP contribution in [0.15, 0.2) is 24.3 Å². The first kappa shape index (κ1) is 23.0. The molecule has 0 radical (unpaired) electrons. The number of carboxylic acids is 1. The van der Waals surface area contributed by atoms with Crippen molar-refractivity contribution >= 4 is 46.3 Å². The van der Waals surface area contributed by atoms with Gasteiger partial charge in [0.25, 0.3) is 0 Å². The Morgan fingerprint density at radius 3 is 2.30 bits per heavy atom. The van der Waals surface area contributed by atoms with Crippen LogP contribution >= 0.6 is 23.5 Å². The predicted molar refractivity (Wildman–Crippen MR) is 107 cm³/mol. The number of ether oxygens (including phenoxy) is 1. The van der Waals surface area contributed by atoms with E-state index in [1.807, 2.05) is 6.26 Å². The van der Waals surface area contributed by atoms with Crippen LogP contribution in [0.1, 0.15) is 30.1 Å². The van der Waals surface area contributed by atoms with Crippen molar-refractivity contribution < 1.29 is 29.0 Å². The number of methoxy groups -OCH3 is 1. The number of benzene rings is 1. The summed E-state index contributed by atoms with van der Waals surface area (Å²) < 4.78 is 5.04. The lowest BCUT2D eigenvalue weighted by Gasteiger charge is -2.17. The van der Waals surface area contributed by atoms with E-state index in [0.29, 0.717) is 17.1 Å². The minimum atomic E-state index is -1.13. The van der Waals surface area contributed by atoms with Crippen molar-refractivity contribution in [1.29, 1.82) is 0 Å². The summed E-state index contributed by atoms with van der Waals surface area (Å²) in [5.41, 5.74) is 0.347. The van der Waals surface area contributed by atoms with Gasteiger partial charge in [0, 0.05) is 18.9 Å². The van der Waals surface area contributed by atoms with Gasteiger partial charge in [0.15, 0.2) is 10.9 Å². The standard InChI is InChI=1S/C18H23NO6S2/c1-11(20)27-15(17(22)12-4-6-13(25-2)7-5-12)10-16(21)19-14(18(23)24)8-9-26-3/h4-7,14-15H,8-10H2,1-3H3,(H,19,21)(H,23,24)/t14-,15?/m0/s1. The second kappa shape index (κ2) is 11.7. The largest absolute Gasteiger partial charge is 0.497 e. The fourth-order valence-electron chi connectivity index (χ4n) is 2.24. The van der Waals surface area contributed by atoms with Gasteiger partial charge in [0.1, 0.15) is 11.8 Å². The normalized spacial score (nSPS) is 12.7. The topological polar surface area (TPSA) is 110 Å². The van der Waals surface area contributed by atoms with E-state index in [4.69, 9.17) is 4.74 Å². The fraction of sp³-hybridized carbons (Fsp3) is 0.444. The summed E-state index contributed by atoms with van der Waals surface area (Å²) in [5, 5.41) is 10.4. The quantitative estimate of drug-likeness (QED) is 0.532. The Morgan fingerprint density at radius 2 is 1.81 bits per heavy atom. The Morgan fingerprint density at radius 1 is 1.19 bits per heavy atom. The van der Waals surface area contributed by atoms with E-state index in [2.05, 4.69) is 5.32 Å². The molecule has 27 heavy (non-hydrogen) atoms. The summed E-state index contributed by atoms with van der Waals surface area (Å²) in [6.45, 7) is 1.31. The van der Waals surface area contributed by atoms with Gasteiger partial charge < -0.3 is 15.2 Å². The van der Waals surface area contributed by atoms with Gasteiger partial charge in [-0.1, -0.05) is 11.8 Å². The van der Waals surface area contributed by atoms with Crippen LogP contribution in [0, 0.1) is 0 Å². The average Bonchev–Trinajstić information content (AvgIpc) is 2.63. The molecule has 148 valence electrons. The number of thioether (sulfide) groups is 2. The van der Waals surface area contributed by atoms with Crippen molar-refractivity contribution in [2.75, 3.05) is 19.1 Å². The zero-order valence-electron chi connectivity index (χ0n) is 15.4. The summed E-state index contributed by atoms with van der Waals surface area (Å²) in [6, 6.07) is 5.33. The molecule has 0 aliphatic heterocycles. The van der Waals surface area contributed by atoms with Crippen molar-refractivity contribution in [3.63, 3.8) is 0 Å². The molecule has 0 aliphatic carbocycles. The molecule has 7 nitrogen and oxygen atoms in total. The van der Waals surface area contributed by atoms with E-state index in [9.17, 15) is 24.3 Å². The molecule has 1 unspecified atom stereocenters. The molecular weight excluding hydrogens is 390 g/mol. The van der Waals surface area contributed by atoms with E-state index in [0.717, 1.165) is 11.8 Å². The van der Waals surface area contributed by atoms with Crippen molar-refractivity contribution in [1.82, 2.24) is 5.32 Å². The number of ketones is 1. The molecule has 0 aliphatic rings. The van der Waals surface area contributed by atoms with Crippen LogP contribution in [-0.4, -0.2) is 58.3 Å². The van der Waals surface area contributed by atoms with E-state index in [-0.39, 0.29) is 23.7 Å². The number of Topliss-reactive ketones (excluding diaryl/α,β-unsaturated/α-hetero) is 1. The fourth-order valence-corrected chi connectivity index (χ4v) is 3.59. The molecular formula is C18H23NO6S2. The number of carbonyl (C=O) groups excluding carboxylic acids is 3. The second-order valence-corrected chi connectivity index (χ2v) is 8.00. The number of nitrogens with one attached hydrogen (secondary N) is 1. The van der Waals surface area contributed by atoms with E-state index in [1.54, 1.807) is 24.3 Å². The Balaban J connectivity index is 2.85. The van der Waals surface area contributed by atoms with Crippen molar-refractivity contribution in [3.8, 4) is 5.75 Å². The van der Waals surface area contributed by atoms with E-state index >= 15 is 0 Å². The highest BCUT2D eigenvalue weighted by molar-refractivity contribution is 8.14. The van der Waals surface area contributed by atoms with Crippen molar-refractivity contribution in [3.05, 3.63) is 29.8 Å². The second-order valence-electron chi connectivity index (χ2n) is 5.63. The predicted octanol–water partition coefficient (Wildman–Crippen LogP) is 2.24. The lowest BCUT2D eigenvalue weighted by Crippen LogP contribution is -2.42. The third-order valence-corrected chi connectivity index (χ3v) is 5.23. The minimum absolute atomic E-state index is 0.277. The molecule has 0 spiro atoms. The number of carboxylic acid groups (broad SMARTS) is 1. The summed E-state index contributed by atoms with van der Waals surface area (Å²) in [6.07, 6.45) is 1.84. The lowest BCUT2D eigenvalue weighted by molar-refractivity contribution is -0.141. The van der Waals surface area contributed by atoms with Crippen LogP contribution in [-0.2, 0) is 14.4 Å². The summed E-state index contributed by atoms with van der Waals surface area (Å²) in [5.74, 6) is -0.922. The first-order valence-electron chi connectivity index (χ1n) is 8.15. The van der Waals surface area contributed by atoms with Gasteiger partial charge >= 0.3 is 5.97 Å². The Bertz CT molecular complexity index is 677. The van der Waals surface area contributed by atoms with Crippen LogP contribution < -0.4 is 10.1 Å². The molecule has 2 atom stereocenters. The Labute approximate surface area is 166 Å². The number of carbonyl (C=O) groups is 4. The highest BCUT2D eigenvalue weighted by atomic mass is 32.2. The first-order valence-corrected chi connectivity index (χ1v) is 10.4. The van der Waals surface area contributed by atoms with Gasteiger partial charge in [0.05, 0.1) is 12.4 Å². The van der Waals surface area contributed by atoms with Crippen LogP contribution in [0.2, 0.25) is 0 Å². The molecule has 1 aromatic carbocycles. The van der Waals surface area contributed by atoms with Gasteiger partial charge in [0.2, 0.25) is 5.91 Å². The molecule has 0 aromatic heterocycles. The molecule has 0 saturated carbocycles. The van der Waals surface area contributed by atoms with Crippen molar-refractivity contribution in [2.45, 2.75) is 31.1 Å². The molecule has 2 N–H and O–H groups in total. The molecule has 0 bridgehead atoms. The zero-order chi connectivity index (χ0) is 20.4. The summed E-state index contributed by atoms with van der Waals surface area (Å²) in [4.78, 5) is 47.7. The number of rotatable bonds is 11. The third kappa shape index (κ3) is 8.04. The highest BCUT2D eigenvalue weighted by Crippen LogP contribution is 2.22. The summed E-state index contributed by atoms with van der Waals surface area (Å²) in [7, 11) is 1.51. The van der Waals surface area contributed by atoms with Crippen LogP contribution in [0.4, 0.5) is 0 Å². The minimum Gasteiger partial charge on any atom is -0.497 e. The molecule has 9 heteroatoms. The maximum absolute atomic E-state index is 12.7. The molecule has 1 aromatic rings. The molecule has 0 heterocycles. The van der Waals surface area contributed by atoms with Gasteiger partial charge in [-0.3, -0.25) is 14.4 Å². The Hall–Kier alpha value is -2.00. The molecule has 0 fully saturated rings. The maximum Gasteiger partial charge on any atom is 0.326 e. The molecule has 1 amide bonds. The number of hydrogen-bond donors (Lipinski definition) is 2. The average molecular weight is 414 g/mol. The summed E-state index contributed by atoms with van der Waals surface area (Å²) >= 11 is 2.24. The lowest BCUT2D eigenvalue weighted by atomic mass is 10.1. The smallest absolute Gasteiger partial charge is 0.326 e. The number of aliphatic carboxylic acids is 1. The zero-order valence-corrected chi connectivity index (χ0v) is 17.0. The van der Waals surface area contributed by atoms with Gasteiger partial charge in [-0.2, -0.15) is 11.8 Å². The Kier molecular flexibility index (Phi) is 9.95.